The van der Waals surface area contributed by atoms with E-state index in [0.717, 1.165) is 4.90 Å². The number of hydrogen-bond acceptors (Lipinski definition) is 5. The van der Waals surface area contributed by atoms with Gasteiger partial charge in [-0.3, -0.25) is 19.3 Å². The fraction of sp³-hybridized carbons (Fsp3) is 0.200. The molecule has 1 aliphatic rings. The van der Waals surface area contributed by atoms with Gasteiger partial charge in [-0.1, -0.05) is 6.08 Å². The van der Waals surface area contributed by atoms with Gasteiger partial charge in [-0.25, -0.2) is 9.69 Å². The largest absolute Gasteiger partial charge is 0.497 e. The van der Waals surface area contributed by atoms with E-state index in [1.165, 1.54) is 13.2 Å². The third kappa shape index (κ3) is 3.37. The summed E-state index contributed by atoms with van der Waals surface area (Å²) in [6.45, 7) is 2.79. The van der Waals surface area contributed by atoms with Gasteiger partial charge in [-0.15, -0.1) is 6.58 Å². The van der Waals surface area contributed by atoms with E-state index in [-0.39, 0.29) is 6.54 Å². The van der Waals surface area contributed by atoms with Crippen LogP contribution in [0.5, 0.6) is 5.75 Å². The summed E-state index contributed by atoms with van der Waals surface area (Å²) in [5.41, 5.74) is 0.476. The number of imide groups is 2. The zero-order valence-corrected chi connectivity index (χ0v) is 12.4. The van der Waals surface area contributed by atoms with Crippen LogP contribution in [0.4, 0.5) is 10.5 Å². The highest BCUT2D eigenvalue weighted by molar-refractivity contribution is 6.45. The summed E-state index contributed by atoms with van der Waals surface area (Å²) >= 11 is 0. The number of anilines is 1. The minimum atomic E-state index is -1.03. The van der Waals surface area contributed by atoms with Gasteiger partial charge in [0, 0.05) is 12.2 Å². The molecule has 0 saturated carbocycles. The number of rotatable bonds is 6. The van der Waals surface area contributed by atoms with Crippen molar-refractivity contribution in [1.29, 1.82) is 0 Å². The summed E-state index contributed by atoms with van der Waals surface area (Å²) in [4.78, 5) is 48.6. The van der Waals surface area contributed by atoms with Crippen molar-refractivity contribution >= 4 is 29.4 Å². The molecule has 8 nitrogen and oxygen atoms in total. The van der Waals surface area contributed by atoms with Crippen LogP contribution in [0.2, 0.25) is 0 Å². The molecule has 1 aromatic carbocycles. The van der Waals surface area contributed by atoms with E-state index in [1.807, 2.05) is 0 Å². The lowest BCUT2D eigenvalue weighted by atomic mass is 10.3. The van der Waals surface area contributed by atoms with Gasteiger partial charge in [0.05, 0.1) is 7.11 Å². The van der Waals surface area contributed by atoms with Crippen molar-refractivity contribution in [2.75, 3.05) is 25.5 Å². The van der Waals surface area contributed by atoms with E-state index in [1.54, 1.807) is 24.3 Å². The number of methoxy groups -OCH3 is 1. The first-order chi connectivity index (χ1) is 11.0. The van der Waals surface area contributed by atoms with Gasteiger partial charge in [0.15, 0.2) is 0 Å². The average Bonchev–Trinajstić information content (AvgIpc) is 2.74. The second kappa shape index (κ2) is 6.73. The third-order valence-corrected chi connectivity index (χ3v) is 3.12. The average molecular weight is 317 g/mol. The summed E-state index contributed by atoms with van der Waals surface area (Å²) in [7, 11) is 1.52. The molecule has 0 spiro atoms. The molecule has 1 fully saturated rings. The Hall–Kier alpha value is -3.16. The molecule has 0 aliphatic carbocycles. The Morgan fingerprint density at radius 1 is 1.17 bits per heavy atom. The molecule has 0 radical (unpaired) electrons. The minimum absolute atomic E-state index is 0.0833. The minimum Gasteiger partial charge on any atom is -0.497 e. The lowest BCUT2D eigenvalue weighted by Crippen LogP contribution is -2.39. The van der Waals surface area contributed by atoms with Crippen molar-refractivity contribution in [1.82, 2.24) is 9.80 Å². The van der Waals surface area contributed by atoms with Gasteiger partial charge < -0.3 is 10.1 Å². The lowest BCUT2D eigenvalue weighted by molar-refractivity contribution is -0.143. The quantitative estimate of drug-likeness (QED) is 0.471. The molecule has 120 valence electrons. The normalized spacial score (nSPS) is 14.2. The molecule has 8 heteroatoms. The van der Waals surface area contributed by atoms with E-state index < -0.39 is 30.3 Å². The van der Waals surface area contributed by atoms with Crippen LogP contribution in [-0.4, -0.2) is 53.8 Å². The van der Waals surface area contributed by atoms with E-state index in [0.29, 0.717) is 16.3 Å². The van der Waals surface area contributed by atoms with Crippen molar-refractivity contribution in [3.05, 3.63) is 36.9 Å². The molecule has 5 amide bonds. The molecule has 0 atom stereocenters. The summed E-state index contributed by atoms with van der Waals surface area (Å²) in [5.74, 6) is -1.96. The summed E-state index contributed by atoms with van der Waals surface area (Å²) in [5, 5.41) is 2.53. The first-order valence-electron chi connectivity index (χ1n) is 6.70. The Bertz CT molecular complexity index is 668. The predicted molar refractivity (Wildman–Crippen MR) is 80.6 cm³/mol. The molecule has 1 aliphatic heterocycles. The number of urea groups is 1. The number of ether oxygens (including phenoxy) is 1. The van der Waals surface area contributed by atoms with Crippen LogP contribution in [0.25, 0.3) is 0 Å². The van der Waals surface area contributed by atoms with Crippen LogP contribution >= 0.6 is 0 Å². The van der Waals surface area contributed by atoms with Crippen molar-refractivity contribution in [3.63, 3.8) is 0 Å². The smallest absolute Gasteiger partial charge is 0.335 e. The molecule has 0 bridgehead atoms. The van der Waals surface area contributed by atoms with Crippen LogP contribution in [0.1, 0.15) is 0 Å². The molecular weight excluding hydrogens is 302 g/mol. The van der Waals surface area contributed by atoms with Crippen LogP contribution in [0.3, 0.4) is 0 Å². The lowest BCUT2D eigenvalue weighted by Gasteiger charge is -2.14. The van der Waals surface area contributed by atoms with Crippen molar-refractivity contribution in [2.24, 2.45) is 0 Å². The molecular formula is C15H15N3O5. The first-order valence-corrected chi connectivity index (χ1v) is 6.70. The monoisotopic (exact) mass is 317 g/mol. The SMILES string of the molecule is C=CCN1C(=O)C(=O)N(CC(=O)Nc2ccc(OC)cc2)C1=O. The van der Waals surface area contributed by atoms with Crippen molar-refractivity contribution < 1.29 is 23.9 Å². The van der Waals surface area contributed by atoms with Crippen LogP contribution in [-0.2, 0) is 14.4 Å². The fourth-order valence-corrected chi connectivity index (χ4v) is 2.00. The molecule has 1 saturated heterocycles. The standard InChI is InChI=1S/C15H15N3O5/c1-3-8-17-13(20)14(21)18(15(17)22)9-12(19)16-10-4-6-11(23-2)7-5-10/h3-7H,1,8-9H2,2H3,(H,16,19). The number of nitrogens with one attached hydrogen (secondary N) is 1. The summed E-state index contributed by atoms with van der Waals surface area (Å²) in [6.07, 6.45) is 1.32. The Kier molecular flexibility index (Phi) is 4.75. The topological polar surface area (TPSA) is 96.0 Å². The van der Waals surface area contributed by atoms with E-state index in [2.05, 4.69) is 11.9 Å². The summed E-state index contributed by atoms with van der Waals surface area (Å²) in [6, 6.07) is 5.69. The number of carbonyl (C=O) groups is 4. The molecule has 2 rings (SSSR count). The Morgan fingerprint density at radius 3 is 2.35 bits per heavy atom. The van der Waals surface area contributed by atoms with Gasteiger partial charge in [0.2, 0.25) is 5.91 Å². The Labute approximate surface area is 132 Å². The zero-order chi connectivity index (χ0) is 17.0. The summed E-state index contributed by atoms with van der Waals surface area (Å²) < 4.78 is 5.00. The maximum atomic E-state index is 12.0. The Morgan fingerprint density at radius 2 is 1.78 bits per heavy atom. The maximum absolute atomic E-state index is 12.0. The predicted octanol–water partition coefficient (Wildman–Crippen LogP) is 0.610. The molecule has 0 unspecified atom stereocenters. The number of benzene rings is 1. The highest BCUT2D eigenvalue weighted by atomic mass is 16.5. The van der Waals surface area contributed by atoms with E-state index in [9.17, 15) is 19.2 Å². The maximum Gasteiger partial charge on any atom is 0.335 e. The third-order valence-electron chi connectivity index (χ3n) is 3.12. The zero-order valence-electron chi connectivity index (χ0n) is 12.4. The van der Waals surface area contributed by atoms with Gasteiger partial charge in [0.25, 0.3) is 0 Å². The van der Waals surface area contributed by atoms with Gasteiger partial charge >= 0.3 is 17.8 Å². The fourth-order valence-electron chi connectivity index (χ4n) is 2.00. The van der Waals surface area contributed by atoms with Crippen molar-refractivity contribution in [2.45, 2.75) is 0 Å². The van der Waals surface area contributed by atoms with Crippen molar-refractivity contribution in [3.8, 4) is 5.75 Å². The van der Waals surface area contributed by atoms with Gasteiger partial charge in [-0.05, 0) is 24.3 Å². The number of hydrogen-bond donors (Lipinski definition) is 1. The Balaban J connectivity index is 2.01. The molecule has 1 N–H and O–H groups in total. The second-order valence-corrected chi connectivity index (χ2v) is 4.65. The number of carbonyl (C=O) groups excluding carboxylic acids is 4. The van der Waals surface area contributed by atoms with E-state index >= 15 is 0 Å². The highest BCUT2D eigenvalue weighted by Crippen LogP contribution is 2.16. The molecule has 1 heterocycles. The van der Waals surface area contributed by atoms with Crippen LogP contribution in [0, 0.1) is 0 Å². The van der Waals surface area contributed by atoms with Gasteiger partial charge in [0.1, 0.15) is 12.3 Å². The second-order valence-electron chi connectivity index (χ2n) is 4.65. The van der Waals surface area contributed by atoms with Gasteiger partial charge in [-0.2, -0.15) is 0 Å². The van der Waals surface area contributed by atoms with E-state index in [4.69, 9.17) is 4.74 Å². The van der Waals surface area contributed by atoms with Crippen LogP contribution in [0.15, 0.2) is 36.9 Å². The first kappa shape index (κ1) is 16.2. The molecule has 1 aromatic rings. The number of amides is 5. The van der Waals surface area contributed by atoms with Crippen LogP contribution < -0.4 is 10.1 Å². The molecule has 23 heavy (non-hydrogen) atoms. The number of nitrogens with zero attached hydrogens (tertiary/aromatic N) is 2. The molecule has 0 aromatic heterocycles. The highest BCUT2D eigenvalue weighted by Gasteiger charge is 2.44.